The van der Waals surface area contributed by atoms with E-state index in [9.17, 15) is 4.79 Å². The molecule has 0 saturated carbocycles. The maximum Gasteiger partial charge on any atom is 0.217 e. The first-order chi connectivity index (χ1) is 10.2. The number of carbonyl (C=O) groups is 1. The summed E-state index contributed by atoms with van der Waals surface area (Å²) in [5, 5.41) is 2.97. The first kappa shape index (κ1) is 13.4. The molecular formula is C17H17N3O. The molecular weight excluding hydrogens is 262 g/mol. The number of aromatic nitrogens is 2. The molecule has 0 spiro atoms. The Morgan fingerprint density at radius 3 is 2.57 bits per heavy atom. The van der Waals surface area contributed by atoms with Crippen LogP contribution < -0.4 is 5.32 Å². The van der Waals surface area contributed by atoms with Gasteiger partial charge in [-0.15, -0.1) is 0 Å². The van der Waals surface area contributed by atoms with Crippen LogP contribution in [-0.2, 0) is 11.2 Å². The molecule has 2 aromatic carbocycles. The smallest absolute Gasteiger partial charge is 0.217 e. The van der Waals surface area contributed by atoms with Gasteiger partial charge >= 0.3 is 0 Å². The second-order valence-corrected chi connectivity index (χ2v) is 5.08. The zero-order valence-electron chi connectivity index (χ0n) is 11.8. The predicted molar refractivity (Wildman–Crippen MR) is 82.8 cm³/mol. The van der Waals surface area contributed by atoms with Gasteiger partial charge in [-0.1, -0.05) is 42.5 Å². The monoisotopic (exact) mass is 279 g/mol. The fourth-order valence-corrected chi connectivity index (χ4v) is 2.45. The lowest BCUT2D eigenvalue weighted by Crippen LogP contribution is -2.28. The van der Waals surface area contributed by atoms with Crippen LogP contribution in [0.5, 0.6) is 0 Å². The van der Waals surface area contributed by atoms with Crippen LogP contribution in [0.25, 0.3) is 11.0 Å². The molecule has 2 N–H and O–H groups in total. The number of hydrogen-bond acceptors (Lipinski definition) is 2. The molecule has 4 heteroatoms. The Morgan fingerprint density at radius 2 is 1.86 bits per heavy atom. The molecule has 0 bridgehead atoms. The first-order valence-corrected chi connectivity index (χ1v) is 6.98. The number of nitrogens with zero attached hydrogens (tertiary/aromatic N) is 1. The van der Waals surface area contributed by atoms with Crippen molar-refractivity contribution < 1.29 is 4.79 Å². The molecule has 0 aliphatic heterocycles. The third kappa shape index (κ3) is 3.11. The lowest BCUT2D eigenvalue weighted by Gasteiger charge is -2.15. The van der Waals surface area contributed by atoms with Crippen LogP contribution in [0.3, 0.4) is 0 Å². The lowest BCUT2D eigenvalue weighted by atomic mass is 10.1. The number of rotatable bonds is 4. The Bertz CT molecular complexity index is 716. The topological polar surface area (TPSA) is 57.8 Å². The number of imidazole rings is 1. The summed E-state index contributed by atoms with van der Waals surface area (Å²) in [5.74, 6) is 0.728. The number of fused-ring (bicyclic) bond motifs is 1. The summed E-state index contributed by atoms with van der Waals surface area (Å²) in [7, 11) is 0. The molecule has 1 aromatic heterocycles. The number of amides is 1. The number of nitrogens with one attached hydrogen (secondary N) is 2. The Hall–Kier alpha value is -2.62. The van der Waals surface area contributed by atoms with Crippen LogP contribution in [0.1, 0.15) is 24.4 Å². The highest BCUT2D eigenvalue weighted by atomic mass is 16.1. The minimum atomic E-state index is -0.155. The fraction of sp³-hybridized carbons (Fsp3) is 0.176. The zero-order chi connectivity index (χ0) is 14.7. The van der Waals surface area contributed by atoms with Gasteiger partial charge in [-0.25, -0.2) is 4.98 Å². The summed E-state index contributed by atoms with van der Waals surface area (Å²) in [6, 6.07) is 17.8. The number of benzene rings is 2. The summed E-state index contributed by atoms with van der Waals surface area (Å²) in [6.45, 7) is 1.53. The van der Waals surface area contributed by atoms with Crippen LogP contribution in [0, 0.1) is 0 Å². The van der Waals surface area contributed by atoms with Crippen molar-refractivity contribution in [2.24, 2.45) is 0 Å². The normalized spacial score (nSPS) is 12.2. The number of aromatic amines is 1. The van der Waals surface area contributed by atoms with Crippen molar-refractivity contribution >= 4 is 16.9 Å². The molecule has 21 heavy (non-hydrogen) atoms. The van der Waals surface area contributed by atoms with E-state index in [2.05, 4.69) is 27.4 Å². The molecule has 0 saturated heterocycles. The molecule has 0 fully saturated rings. The van der Waals surface area contributed by atoms with Gasteiger partial charge in [0, 0.05) is 6.92 Å². The van der Waals surface area contributed by atoms with E-state index < -0.39 is 0 Å². The molecule has 106 valence electrons. The SMILES string of the molecule is CC(=O)NC(Cc1ccccc1)c1nc2ccccc2[nH]1. The summed E-state index contributed by atoms with van der Waals surface area (Å²) >= 11 is 0. The zero-order valence-corrected chi connectivity index (χ0v) is 11.8. The van der Waals surface area contributed by atoms with E-state index in [-0.39, 0.29) is 11.9 Å². The van der Waals surface area contributed by atoms with E-state index in [1.807, 2.05) is 42.5 Å². The van der Waals surface area contributed by atoms with Gasteiger partial charge in [0.25, 0.3) is 0 Å². The van der Waals surface area contributed by atoms with Gasteiger partial charge in [-0.05, 0) is 24.1 Å². The number of carbonyl (C=O) groups excluding carboxylic acids is 1. The van der Waals surface area contributed by atoms with Gasteiger partial charge in [-0.3, -0.25) is 4.79 Å². The van der Waals surface area contributed by atoms with Crippen molar-refractivity contribution in [1.29, 1.82) is 0 Å². The average molecular weight is 279 g/mol. The summed E-state index contributed by atoms with van der Waals surface area (Å²) in [5.41, 5.74) is 3.06. The first-order valence-electron chi connectivity index (χ1n) is 6.98. The van der Waals surface area contributed by atoms with Gasteiger partial charge in [-0.2, -0.15) is 0 Å². The quantitative estimate of drug-likeness (QED) is 0.771. The Labute approximate surface area is 123 Å². The molecule has 3 aromatic rings. The standard InChI is InChI=1S/C17H17N3O/c1-12(21)18-16(11-13-7-3-2-4-8-13)17-19-14-9-5-6-10-15(14)20-17/h2-10,16H,11H2,1H3,(H,18,21)(H,19,20). The van der Waals surface area contributed by atoms with Gasteiger partial charge < -0.3 is 10.3 Å². The molecule has 1 amide bonds. The number of para-hydroxylation sites is 2. The molecule has 3 rings (SSSR count). The Kier molecular flexibility index (Phi) is 3.69. The Balaban J connectivity index is 1.92. The maximum atomic E-state index is 11.5. The van der Waals surface area contributed by atoms with Crippen molar-refractivity contribution in [2.45, 2.75) is 19.4 Å². The van der Waals surface area contributed by atoms with Crippen LogP contribution in [0.2, 0.25) is 0 Å². The molecule has 0 aliphatic rings. The van der Waals surface area contributed by atoms with E-state index in [0.717, 1.165) is 22.4 Å². The minimum Gasteiger partial charge on any atom is -0.346 e. The highest BCUT2D eigenvalue weighted by molar-refractivity contribution is 5.76. The largest absolute Gasteiger partial charge is 0.346 e. The van der Waals surface area contributed by atoms with Gasteiger partial charge in [0.1, 0.15) is 5.82 Å². The summed E-state index contributed by atoms with van der Waals surface area (Å²) in [6.07, 6.45) is 0.709. The van der Waals surface area contributed by atoms with Crippen LogP contribution in [0.15, 0.2) is 54.6 Å². The number of hydrogen-bond donors (Lipinski definition) is 2. The van der Waals surface area contributed by atoms with E-state index in [4.69, 9.17) is 0 Å². The van der Waals surface area contributed by atoms with Crippen molar-refractivity contribution in [3.8, 4) is 0 Å². The highest BCUT2D eigenvalue weighted by Gasteiger charge is 2.17. The lowest BCUT2D eigenvalue weighted by molar-refractivity contribution is -0.119. The van der Waals surface area contributed by atoms with Gasteiger partial charge in [0.15, 0.2) is 0 Å². The van der Waals surface area contributed by atoms with Crippen LogP contribution in [0.4, 0.5) is 0 Å². The van der Waals surface area contributed by atoms with E-state index >= 15 is 0 Å². The van der Waals surface area contributed by atoms with E-state index in [0.29, 0.717) is 6.42 Å². The molecule has 0 radical (unpaired) electrons. The molecule has 0 aliphatic carbocycles. The molecule has 1 atom stereocenters. The van der Waals surface area contributed by atoms with Crippen LogP contribution in [-0.4, -0.2) is 15.9 Å². The number of H-pyrrole nitrogens is 1. The van der Waals surface area contributed by atoms with Crippen molar-refractivity contribution in [1.82, 2.24) is 15.3 Å². The molecule has 4 nitrogen and oxygen atoms in total. The molecule has 1 heterocycles. The third-order valence-corrected chi connectivity index (χ3v) is 3.40. The second-order valence-electron chi connectivity index (χ2n) is 5.08. The minimum absolute atomic E-state index is 0.0589. The van der Waals surface area contributed by atoms with Crippen LogP contribution >= 0.6 is 0 Å². The third-order valence-electron chi connectivity index (χ3n) is 3.40. The summed E-state index contributed by atoms with van der Waals surface area (Å²) in [4.78, 5) is 19.4. The fourth-order valence-electron chi connectivity index (χ4n) is 2.45. The van der Waals surface area contributed by atoms with E-state index in [1.54, 1.807) is 0 Å². The average Bonchev–Trinajstić information content (AvgIpc) is 2.91. The predicted octanol–water partition coefficient (Wildman–Crippen LogP) is 2.98. The second kappa shape index (κ2) is 5.79. The molecule has 1 unspecified atom stereocenters. The van der Waals surface area contributed by atoms with Crippen molar-refractivity contribution in [2.75, 3.05) is 0 Å². The van der Waals surface area contributed by atoms with E-state index in [1.165, 1.54) is 6.92 Å². The highest BCUT2D eigenvalue weighted by Crippen LogP contribution is 2.19. The van der Waals surface area contributed by atoms with Gasteiger partial charge in [0.05, 0.1) is 17.1 Å². The maximum absolute atomic E-state index is 11.5. The Morgan fingerprint density at radius 1 is 1.14 bits per heavy atom. The summed E-state index contributed by atoms with van der Waals surface area (Å²) < 4.78 is 0. The van der Waals surface area contributed by atoms with Crippen molar-refractivity contribution in [3.05, 3.63) is 66.0 Å². The van der Waals surface area contributed by atoms with Crippen molar-refractivity contribution in [3.63, 3.8) is 0 Å². The van der Waals surface area contributed by atoms with Gasteiger partial charge in [0.2, 0.25) is 5.91 Å².